The van der Waals surface area contributed by atoms with Crippen LogP contribution in [0.4, 0.5) is 4.39 Å². The minimum Gasteiger partial charge on any atom is -0.339 e. The zero-order valence-corrected chi connectivity index (χ0v) is 12.2. The van der Waals surface area contributed by atoms with Crippen molar-refractivity contribution in [1.82, 2.24) is 4.57 Å². The van der Waals surface area contributed by atoms with Gasteiger partial charge in [0.15, 0.2) is 9.84 Å². The van der Waals surface area contributed by atoms with Crippen molar-refractivity contribution in [1.29, 1.82) is 0 Å². The monoisotopic (exact) mass is 283 g/mol. The molecule has 0 N–H and O–H groups in total. The summed E-state index contributed by atoms with van der Waals surface area (Å²) in [7, 11) is -3.13. The molecule has 0 aliphatic carbocycles. The summed E-state index contributed by atoms with van der Waals surface area (Å²) in [5.41, 5.74) is 1.13. The van der Waals surface area contributed by atoms with Crippen LogP contribution < -0.4 is 0 Å². The fraction of sp³-hybridized carbons (Fsp3) is 0.429. The van der Waals surface area contributed by atoms with Crippen LogP contribution in [0.15, 0.2) is 24.3 Å². The molecule has 0 amide bonds. The Balaban J connectivity index is 2.68. The maximum absolute atomic E-state index is 14.0. The highest BCUT2D eigenvalue weighted by Gasteiger charge is 2.18. The van der Waals surface area contributed by atoms with Crippen molar-refractivity contribution in [2.45, 2.75) is 32.6 Å². The van der Waals surface area contributed by atoms with Crippen molar-refractivity contribution in [3.8, 4) is 0 Å². The van der Waals surface area contributed by atoms with Gasteiger partial charge in [-0.25, -0.2) is 12.8 Å². The number of hydrogen-bond acceptors (Lipinski definition) is 2. The zero-order valence-electron chi connectivity index (χ0n) is 11.4. The molecule has 0 radical (unpaired) electrons. The third-order valence-electron chi connectivity index (χ3n) is 3.21. The van der Waals surface area contributed by atoms with Gasteiger partial charge in [-0.3, -0.25) is 0 Å². The Morgan fingerprint density at radius 1 is 1.32 bits per heavy atom. The minimum absolute atomic E-state index is 0.0106. The molecule has 19 heavy (non-hydrogen) atoms. The number of fused-ring (bicyclic) bond motifs is 1. The third-order valence-corrected chi connectivity index (χ3v) is 4.83. The van der Waals surface area contributed by atoms with Crippen LogP contribution in [0.1, 0.15) is 32.5 Å². The van der Waals surface area contributed by atoms with E-state index in [1.54, 1.807) is 29.7 Å². The summed E-state index contributed by atoms with van der Waals surface area (Å²) in [5, 5.41) is 0.745. The Kier molecular flexibility index (Phi) is 3.67. The van der Waals surface area contributed by atoms with Gasteiger partial charge in [-0.2, -0.15) is 0 Å². The van der Waals surface area contributed by atoms with Gasteiger partial charge in [-0.1, -0.05) is 19.1 Å². The number of para-hydroxylation sites is 1. The SMILES string of the molecule is CCS(=O)(=O)Cc1cc2cccc(F)c2n1C(C)C. The second-order valence-corrected chi connectivity index (χ2v) is 7.31. The van der Waals surface area contributed by atoms with Crippen LogP contribution >= 0.6 is 0 Å². The molecule has 0 saturated carbocycles. The lowest BCUT2D eigenvalue weighted by atomic mass is 10.2. The quantitative estimate of drug-likeness (QED) is 0.863. The number of sulfone groups is 1. The van der Waals surface area contributed by atoms with Crippen molar-refractivity contribution in [3.05, 3.63) is 35.8 Å². The highest BCUT2D eigenvalue weighted by molar-refractivity contribution is 7.90. The maximum atomic E-state index is 14.0. The van der Waals surface area contributed by atoms with Crippen LogP contribution in [-0.4, -0.2) is 18.7 Å². The first-order chi connectivity index (χ1) is 8.85. The Bertz CT molecular complexity index is 702. The molecule has 0 saturated heterocycles. The first-order valence-electron chi connectivity index (χ1n) is 6.34. The summed E-state index contributed by atoms with van der Waals surface area (Å²) in [6.07, 6.45) is 0. The molecule has 2 rings (SSSR count). The molecule has 3 nitrogen and oxygen atoms in total. The maximum Gasteiger partial charge on any atom is 0.155 e. The third kappa shape index (κ3) is 2.66. The number of aromatic nitrogens is 1. The smallest absolute Gasteiger partial charge is 0.155 e. The topological polar surface area (TPSA) is 39.1 Å². The van der Waals surface area contributed by atoms with Gasteiger partial charge in [0, 0.05) is 22.9 Å². The van der Waals surface area contributed by atoms with Crippen molar-refractivity contribution in [2.75, 3.05) is 5.75 Å². The van der Waals surface area contributed by atoms with E-state index in [1.165, 1.54) is 6.07 Å². The van der Waals surface area contributed by atoms with Gasteiger partial charge in [0.1, 0.15) is 5.82 Å². The van der Waals surface area contributed by atoms with Crippen LogP contribution in [-0.2, 0) is 15.6 Å². The molecular formula is C14H18FNO2S. The van der Waals surface area contributed by atoms with E-state index in [4.69, 9.17) is 0 Å². The first kappa shape index (κ1) is 14.1. The molecular weight excluding hydrogens is 265 g/mol. The van der Waals surface area contributed by atoms with E-state index in [1.807, 2.05) is 13.8 Å². The number of benzene rings is 1. The van der Waals surface area contributed by atoms with Gasteiger partial charge >= 0.3 is 0 Å². The molecule has 1 aromatic carbocycles. The van der Waals surface area contributed by atoms with E-state index in [2.05, 4.69) is 0 Å². The second kappa shape index (κ2) is 4.96. The Hall–Kier alpha value is -1.36. The van der Waals surface area contributed by atoms with Gasteiger partial charge < -0.3 is 4.57 Å². The zero-order chi connectivity index (χ0) is 14.2. The van der Waals surface area contributed by atoms with Crippen molar-refractivity contribution in [2.24, 2.45) is 0 Å². The molecule has 0 atom stereocenters. The van der Waals surface area contributed by atoms with E-state index >= 15 is 0 Å². The highest BCUT2D eigenvalue weighted by Crippen LogP contribution is 2.27. The lowest BCUT2D eigenvalue weighted by Crippen LogP contribution is -2.13. The fourth-order valence-corrected chi connectivity index (χ4v) is 3.20. The highest BCUT2D eigenvalue weighted by atomic mass is 32.2. The van der Waals surface area contributed by atoms with E-state index < -0.39 is 9.84 Å². The summed E-state index contributed by atoms with van der Waals surface area (Å²) < 4.78 is 39.3. The Morgan fingerprint density at radius 3 is 2.58 bits per heavy atom. The largest absolute Gasteiger partial charge is 0.339 e. The van der Waals surface area contributed by atoms with E-state index in [0.29, 0.717) is 11.2 Å². The Morgan fingerprint density at radius 2 is 2.00 bits per heavy atom. The molecule has 0 unspecified atom stereocenters. The van der Waals surface area contributed by atoms with Crippen molar-refractivity contribution >= 4 is 20.7 Å². The van der Waals surface area contributed by atoms with Crippen LogP contribution in [0.25, 0.3) is 10.9 Å². The predicted molar refractivity (Wildman–Crippen MR) is 75.4 cm³/mol. The van der Waals surface area contributed by atoms with E-state index in [-0.39, 0.29) is 23.4 Å². The minimum atomic E-state index is -3.13. The molecule has 5 heteroatoms. The van der Waals surface area contributed by atoms with Gasteiger partial charge in [0.05, 0.1) is 11.3 Å². The van der Waals surface area contributed by atoms with E-state index in [9.17, 15) is 12.8 Å². The fourth-order valence-electron chi connectivity index (χ4n) is 2.32. The molecule has 0 bridgehead atoms. The number of rotatable bonds is 4. The van der Waals surface area contributed by atoms with E-state index in [0.717, 1.165) is 5.39 Å². The molecule has 0 fully saturated rings. The standard InChI is InChI=1S/C14H18FNO2S/c1-4-19(17,18)9-12-8-11-6-5-7-13(15)14(11)16(12)10(2)3/h5-8,10H,4,9H2,1-3H3. The summed E-state index contributed by atoms with van der Waals surface area (Å²) in [6, 6.07) is 6.63. The summed E-state index contributed by atoms with van der Waals surface area (Å²) >= 11 is 0. The van der Waals surface area contributed by atoms with Crippen LogP contribution in [0, 0.1) is 5.82 Å². The summed E-state index contributed by atoms with van der Waals surface area (Å²) in [6.45, 7) is 5.47. The van der Waals surface area contributed by atoms with Crippen LogP contribution in [0.2, 0.25) is 0 Å². The number of halogens is 1. The molecule has 0 spiro atoms. The molecule has 2 aromatic rings. The predicted octanol–water partition coefficient (Wildman–Crippen LogP) is 3.30. The lowest BCUT2D eigenvalue weighted by molar-refractivity contribution is 0.568. The van der Waals surface area contributed by atoms with Gasteiger partial charge in [0.2, 0.25) is 0 Å². The van der Waals surface area contributed by atoms with Crippen molar-refractivity contribution in [3.63, 3.8) is 0 Å². The molecule has 0 aliphatic rings. The summed E-state index contributed by atoms with van der Waals surface area (Å²) in [5.74, 6) is -0.267. The van der Waals surface area contributed by atoms with Gasteiger partial charge in [0.25, 0.3) is 0 Å². The van der Waals surface area contributed by atoms with Gasteiger partial charge in [-0.15, -0.1) is 0 Å². The molecule has 0 aliphatic heterocycles. The van der Waals surface area contributed by atoms with Crippen molar-refractivity contribution < 1.29 is 12.8 Å². The normalized spacial score (nSPS) is 12.5. The van der Waals surface area contributed by atoms with Crippen LogP contribution in [0.5, 0.6) is 0 Å². The average molecular weight is 283 g/mol. The number of hydrogen-bond donors (Lipinski definition) is 0. The summed E-state index contributed by atoms with van der Waals surface area (Å²) in [4.78, 5) is 0. The first-order valence-corrected chi connectivity index (χ1v) is 8.16. The second-order valence-electron chi connectivity index (χ2n) is 4.95. The average Bonchev–Trinajstić information content (AvgIpc) is 2.67. The molecule has 1 heterocycles. The number of nitrogens with zero attached hydrogens (tertiary/aromatic N) is 1. The lowest BCUT2D eigenvalue weighted by Gasteiger charge is -2.15. The van der Waals surface area contributed by atoms with Gasteiger partial charge in [-0.05, 0) is 26.0 Å². The van der Waals surface area contributed by atoms with Crippen LogP contribution in [0.3, 0.4) is 0 Å². The molecule has 1 aromatic heterocycles. The molecule has 104 valence electrons. The Labute approximate surface area is 113 Å².